The number of amides is 1. The highest BCUT2D eigenvalue weighted by molar-refractivity contribution is 6.30. The Bertz CT molecular complexity index is 394. The molecule has 1 aliphatic heterocycles. The first-order chi connectivity index (χ1) is 8.66. The van der Waals surface area contributed by atoms with Crippen LogP contribution < -0.4 is 5.32 Å². The molecule has 0 saturated carbocycles. The van der Waals surface area contributed by atoms with Crippen LogP contribution in [0, 0.1) is 0 Å². The molecule has 18 heavy (non-hydrogen) atoms. The van der Waals surface area contributed by atoms with Crippen molar-refractivity contribution >= 4 is 17.5 Å². The smallest absolute Gasteiger partial charge is 0.237 e. The van der Waals surface area contributed by atoms with Gasteiger partial charge in [-0.05, 0) is 25.3 Å². The van der Waals surface area contributed by atoms with E-state index in [2.05, 4.69) is 17.4 Å². The molecule has 1 unspecified atom stereocenters. The predicted molar refractivity (Wildman–Crippen MR) is 71.6 cm³/mol. The second-order valence-corrected chi connectivity index (χ2v) is 5.25. The van der Waals surface area contributed by atoms with E-state index in [0.717, 1.165) is 12.8 Å². The Balaban J connectivity index is 1.80. The number of carbonyl (C=O) groups excluding carboxylic acids is 1. The number of benzene rings is 1. The third-order valence-electron chi connectivity index (χ3n) is 3.14. The van der Waals surface area contributed by atoms with Gasteiger partial charge in [-0.1, -0.05) is 30.3 Å². The Labute approximate surface area is 112 Å². The molecule has 3 nitrogen and oxygen atoms in total. The Hall–Kier alpha value is -1.06. The van der Waals surface area contributed by atoms with Gasteiger partial charge < -0.3 is 10.1 Å². The standard InChI is InChI=1S/C14H18ClNO2/c1-10(15)14(17)16-9-12-7-8-13(18-12)11-5-3-2-4-6-11/h2-6,10,12-13H,7-9H2,1H3,(H,16,17)/t10?,12-,13+/m0/s1. The summed E-state index contributed by atoms with van der Waals surface area (Å²) in [6.07, 6.45) is 2.22. The van der Waals surface area contributed by atoms with Crippen LogP contribution in [0.15, 0.2) is 30.3 Å². The van der Waals surface area contributed by atoms with Crippen LogP contribution in [0.5, 0.6) is 0 Å². The van der Waals surface area contributed by atoms with Crippen LogP contribution in [0.1, 0.15) is 31.4 Å². The highest BCUT2D eigenvalue weighted by atomic mass is 35.5. The molecule has 1 heterocycles. The summed E-state index contributed by atoms with van der Waals surface area (Å²) in [5.74, 6) is -0.136. The fourth-order valence-corrected chi connectivity index (χ4v) is 2.20. The molecular weight excluding hydrogens is 250 g/mol. The van der Waals surface area contributed by atoms with E-state index in [4.69, 9.17) is 16.3 Å². The third-order valence-corrected chi connectivity index (χ3v) is 3.34. The predicted octanol–water partition coefficient (Wildman–Crippen LogP) is 2.65. The van der Waals surface area contributed by atoms with Crippen LogP contribution in [0.3, 0.4) is 0 Å². The quantitative estimate of drug-likeness (QED) is 0.852. The topological polar surface area (TPSA) is 38.3 Å². The van der Waals surface area contributed by atoms with Crippen LogP contribution in [-0.2, 0) is 9.53 Å². The summed E-state index contributed by atoms with van der Waals surface area (Å²) >= 11 is 5.69. The molecule has 0 spiro atoms. The van der Waals surface area contributed by atoms with Gasteiger partial charge in [0.15, 0.2) is 0 Å². The molecule has 3 atom stereocenters. The molecule has 0 aromatic heterocycles. The molecule has 1 aromatic carbocycles. The minimum atomic E-state index is -0.490. The molecule has 1 saturated heterocycles. The van der Waals surface area contributed by atoms with E-state index in [1.807, 2.05) is 18.2 Å². The van der Waals surface area contributed by atoms with Crippen molar-refractivity contribution in [3.05, 3.63) is 35.9 Å². The van der Waals surface area contributed by atoms with Gasteiger partial charge in [-0.2, -0.15) is 0 Å². The highest BCUT2D eigenvalue weighted by Crippen LogP contribution is 2.32. The van der Waals surface area contributed by atoms with E-state index < -0.39 is 5.38 Å². The second-order valence-electron chi connectivity index (χ2n) is 4.60. The molecular formula is C14H18ClNO2. The van der Waals surface area contributed by atoms with Gasteiger partial charge in [0.1, 0.15) is 5.38 Å². The molecule has 1 amide bonds. The molecule has 1 aliphatic rings. The zero-order chi connectivity index (χ0) is 13.0. The van der Waals surface area contributed by atoms with Crippen molar-refractivity contribution in [2.75, 3.05) is 6.54 Å². The molecule has 0 radical (unpaired) electrons. The van der Waals surface area contributed by atoms with Crippen molar-refractivity contribution in [1.29, 1.82) is 0 Å². The average Bonchev–Trinajstić information content (AvgIpc) is 2.85. The van der Waals surface area contributed by atoms with Gasteiger partial charge in [0.2, 0.25) is 5.91 Å². The van der Waals surface area contributed by atoms with Crippen molar-refractivity contribution in [3.63, 3.8) is 0 Å². The van der Waals surface area contributed by atoms with Crippen molar-refractivity contribution in [3.8, 4) is 0 Å². The maximum atomic E-state index is 11.4. The maximum absolute atomic E-state index is 11.4. The minimum Gasteiger partial charge on any atom is -0.368 e. The Morgan fingerprint density at radius 2 is 2.17 bits per heavy atom. The molecule has 98 valence electrons. The monoisotopic (exact) mass is 267 g/mol. The Kier molecular flexibility index (Phi) is 4.61. The summed E-state index contributed by atoms with van der Waals surface area (Å²) in [6.45, 7) is 2.21. The first-order valence-electron chi connectivity index (χ1n) is 6.29. The molecule has 1 N–H and O–H groups in total. The molecule has 0 bridgehead atoms. The fraction of sp³-hybridized carbons (Fsp3) is 0.500. The first-order valence-corrected chi connectivity index (χ1v) is 6.72. The lowest BCUT2D eigenvalue weighted by Gasteiger charge is -2.15. The van der Waals surface area contributed by atoms with Gasteiger partial charge in [-0.25, -0.2) is 0 Å². The van der Waals surface area contributed by atoms with Crippen LogP contribution >= 0.6 is 11.6 Å². The third kappa shape index (κ3) is 3.47. The lowest BCUT2D eigenvalue weighted by atomic mass is 10.1. The summed E-state index contributed by atoms with van der Waals surface area (Å²) in [5, 5.41) is 2.31. The van der Waals surface area contributed by atoms with Gasteiger partial charge in [-0.3, -0.25) is 4.79 Å². The second kappa shape index (κ2) is 6.21. The van der Waals surface area contributed by atoms with E-state index >= 15 is 0 Å². The average molecular weight is 268 g/mol. The van der Waals surface area contributed by atoms with Crippen molar-refractivity contribution in [2.24, 2.45) is 0 Å². The Morgan fingerprint density at radius 3 is 2.83 bits per heavy atom. The number of carbonyl (C=O) groups is 1. The maximum Gasteiger partial charge on any atom is 0.237 e. The SMILES string of the molecule is CC(Cl)C(=O)NC[C@@H]1CC[C@H](c2ccccc2)O1. The molecule has 1 fully saturated rings. The van der Waals surface area contributed by atoms with Crippen LogP contribution in [0.2, 0.25) is 0 Å². The lowest BCUT2D eigenvalue weighted by molar-refractivity contribution is -0.121. The summed E-state index contributed by atoms with van der Waals surface area (Å²) in [6, 6.07) is 10.2. The minimum absolute atomic E-state index is 0.0922. The highest BCUT2D eigenvalue weighted by Gasteiger charge is 2.26. The number of hydrogen-bond acceptors (Lipinski definition) is 2. The summed E-state index contributed by atoms with van der Waals surface area (Å²) < 4.78 is 5.92. The molecule has 1 aromatic rings. The van der Waals surface area contributed by atoms with E-state index in [-0.39, 0.29) is 18.1 Å². The summed E-state index contributed by atoms with van der Waals surface area (Å²) in [4.78, 5) is 11.4. The van der Waals surface area contributed by atoms with Crippen LogP contribution in [-0.4, -0.2) is 23.9 Å². The van der Waals surface area contributed by atoms with Gasteiger partial charge in [0.05, 0.1) is 12.2 Å². The first kappa shape index (κ1) is 13.4. The van der Waals surface area contributed by atoms with Gasteiger partial charge >= 0.3 is 0 Å². The van der Waals surface area contributed by atoms with Crippen molar-refractivity contribution < 1.29 is 9.53 Å². The van der Waals surface area contributed by atoms with Crippen molar-refractivity contribution in [1.82, 2.24) is 5.32 Å². The summed E-state index contributed by atoms with van der Waals surface area (Å²) in [7, 11) is 0. The van der Waals surface area contributed by atoms with Gasteiger partial charge in [-0.15, -0.1) is 11.6 Å². The molecule has 4 heteroatoms. The largest absolute Gasteiger partial charge is 0.368 e. The van der Waals surface area contributed by atoms with Crippen LogP contribution in [0.4, 0.5) is 0 Å². The fourth-order valence-electron chi connectivity index (χ4n) is 2.12. The number of alkyl halides is 1. The zero-order valence-electron chi connectivity index (χ0n) is 10.4. The lowest BCUT2D eigenvalue weighted by Crippen LogP contribution is -2.35. The Morgan fingerprint density at radius 1 is 1.44 bits per heavy atom. The number of rotatable bonds is 4. The van der Waals surface area contributed by atoms with E-state index in [1.165, 1.54) is 5.56 Å². The normalized spacial score (nSPS) is 24.8. The van der Waals surface area contributed by atoms with E-state index in [9.17, 15) is 4.79 Å². The van der Waals surface area contributed by atoms with E-state index in [0.29, 0.717) is 6.54 Å². The van der Waals surface area contributed by atoms with E-state index in [1.54, 1.807) is 6.92 Å². The number of nitrogens with one attached hydrogen (secondary N) is 1. The summed E-state index contributed by atoms with van der Waals surface area (Å²) in [5.41, 5.74) is 1.21. The van der Waals surface area contributed by atoms with Gasteiger partial charge in [0, 0.05) is 6.54 Å². The number of ether oxygens (including phenoxy) is 1. The number of hydrogen-bond donors (Lipinski definition) is 1. The van der Waals surface area contributed by atoms with Crippen LogP contribution in [0.25, 0.3) is 0 Å². The molecule has 2 rings (SSSR count). The number of halogens is 1. The zero-order valence-corrected chi connectivity index (χ0v) is 11.2. The van der Waals surface area contributed by atoms with Gasteiger partial charge in [0.25, 0.3) is 0 Å². The molecule has 0 aliphatic carbocycles. The van der Waals surface area contributed by atoms with Crippen molar-refractivity contribution in [2.45, 2.75) is 37.4 Å².